The van der Waals surface area contributed by atoms with Crippen LogP contribution in [0, 0.1) is 0 Å². The summed E-state index contributed by atoms with van der Waals surface area (Å²) in [5.41, 5.74) is 0. The second-order valence-electron chi connectivity index (χ2n) is 3.54. The molecule has 0 saturated heterocycles. The van der Waals surface area contributed by atoms with Gasteiger partial charge in [-0.25, -0.2) is 14.4 Å². The van der Waals surface area contributed by atoms with Crippen LogP contribution in [0.1, 0.15) is 0 Å². The lowest BCUT2D eigenvalue weighted by molar-refractivity contribution is 0.172. The van der Waals surface area contributed by atoms with Crippen molar-refractivity contribution in [2.45, 2.75) is 0 Å². The van der Waals surface area contributed by atoms with E-state index in [1.165, 1.54) is 0 Å². The van der Waals surface area contributed by atoms with Gasteiger partial charge in [-0.2, -0.15) is 0 Å². The molecule has 116 valence electrons. The van der Waals surface area contributed by atoms with Gasteiger partial charge >= 0.3 is 18.3 Å². The number of hydrogen-bond acceptors (Lipinski definition) is 7. The van der Waals surface area contributed by atoms with Gasteiger partial charge in [-0.15, -0.1) is 0 Å². The zero-order chi connectivity index (χ0) is 15.6. The van der Waals surface area contributed by atoms with E-state index in [4.69, 9.17) is 0 Å². The Morgan fingerprint density at radius 1 is 0.750 bits per heavy atom. The molecule has 0 heterocycles. The van der Waals surface area contributed by atoms with Crippen LogP contribution in [0.25, 0.3) is 0 Å². The molecule has 0 aliphatic heterocycles. The van der Waals surface area contributed by atoms with Crippen molar-refractivity contribution in [2.75, 3.05) is 40.2 Å². The standard InChI is InChI=1S/C9H18N3O7P/c1-17-7(13)10-4-20(16,5-11-8(14)18-2)6-12-9(15)19-3/h4-6H2,1-3H3,(H,10,13)(H,11,14)(H,12,15). The molecule has 0 fully saturated rings. The third-order valence-electron chi connectivity index (χ3n) is 2.09. The van der Waals surface area contributed by atoms with Crippen LogP contribution in [0.2, 0.25) is 0 Å². The minimum absolute atomic E-state index is 0.270. The Labute approximate surface area is 115 Å². The Morgan fingerprint density at radius 2 is 1.00 bits per heavy atom. The monoisotopic (exact) mass is 311 g/mol. The zero-order valence-corrected chi connectivity index (χ0v) is 12.3. The average Bonchev–Trinajstić information content (AvgIpc) is 2.47. The Balaban J connectivity index is 4.56. The maximum Gasteiger partial charge on any atom is 0.407 e. The number of carbonyl (C=O) groups excluding carboxylic acids is 3. The van der Waals surface area contributed by atoms with E-state index in [0.29, 0.717) is 0 Å². The van der Waals surface area contributed by atoms with Crippen molar-refractivity contribution in [3.63, 3.8) is 0 Å². The summed E-state index contributed by atoms with van der Waals surface area (Å²) in [5.74, 6) is 0. The fraction of sp³-hybridized carbons (Fsp3) is 0.667. The van der Waals surface area contributed by atoms with Crippen molar-refractivity contribution in [1.82, 2.24) is 16.0 Å². The van der Waals surface area contributed by atoms with Crippen molar-refractivity contribution >= 4 is 25.4 Å². The van der Waals surface area contributed by atoms with Crippen molar-refractivity contribution in [1.29, 1.82) is 0 Å². The summed E-state index contributed by atoms with van der Waals surface area (Å²) in [6.45, 7) is 0. The summed E-state index contributed by atoms with van der Waals surface area (Å²) in [5, 5.41) is 6.74. The highest BCUT2D eigenvalue weighted by atomic mass is 31.2. The highest BCUT2D eigenvalue weighted by Crippen LogP contribution is 2.41. The number of hydrogen-bond donors (Lipinski definition) is 3. The molecule has 11 heteroatoms. The quantitative estimate of drug-likeness (QED) is 0.474. The predicted molar refractivity (Wildman–Crippen MR) is 68.8 cm³/mol. The molecule has 0 rings (SSSR count). The Kier molecular flexibility index (Phi) is 8.14. The number of alkyl carbamates (subject to hydrolysis) is 3. The van der Waals surface area contributed by atoms with Crippen LogP contribution >= 0.6 is 7.14 Å². The van der Waals surface area contributed by atoms with E-state index in [1.54, 1.807) is 0 Å². The number of rotatable bonds is 6. The first-order valence-electron chi connectivity index (χ1n) is 5.39. The number of methoxy groups -OCH3 is 3. The summed E-state index contributed by atoms with van der Waals surface area (Å²) < 4.78 is 25.5. The second-order valence-corrected chi connectivity index (χ2v) is 6.60. The van der Waals surface area contributed by atoms with Gasteiger partial charge in [0.15, 0.2) is 0 Å². The number of amides is 3. The fourth-order valence-corrected chi connectivity index (χ4v) is 2.60. The molecule has 0 bridgehead atoms. The van der Waals surface area contributed by atoms with Gasteiger partial charge in [-0.05, 0) is 0 Å². The van der Waals surface area contributed by atoms with Crippen LogP contribution < -0.4 is 16.0 Å². The fourth-order valence-electron chi connectivity index (χ4n) is 1.01. The SMILES string of the molecule is COC(=O)NCP(=O)(CNC(=O)OC)CNC(=O)OC. The summed E-state index contributed by atoms with van der Waals surface area (Å²) in [6, 6.07) is 0. The third kappa shape index (κ3) is 7.47. The minimum Gasteiger partial charge on any atom is -0.453 e. The first kappa shape index (κ1) is 18.0. The van der Waals surface area contributed by atoms with Gasteiger partial charge in [0.05, 0.1) is 40.2 Å². The summed E-state index contributed by atoms with van der Waals surface area (Å²) >= 11 is 0. The maximum absolute atomic E-state index is 12.5. The van der Waals surface area contributed by atoms with Gasteiger partial charge < -0.3 is 34.7 Å². The van der Waals surface area contributed by atoms with Crippen molar-refractivity contribution in [2.24, 2.45) is 0 Å². The number of carbonyl (C=O) groups is 3. The number of ether oxygens (including phenoxy) is 3. The van der Waals surface area contributed by atoms with Crippen LogP contribution in [0.3, 0.4) is 0 Å². The molecule has 0 aromatic carbocycles. The molecule has 0 aromatic rings. The molecule has 0 aliphatic carbocycles. The molecular weight excluding hydrogens is 293 g/mol. The van der Waals surface area contributed by atoms with Crippen LogP contribution in [0.4, 0.5) is 14.4 Å². The molecule has 0 atom stereocenters. The highest BCUT2D eigenvalue weighted by molar-refractivity contribution is 7.63. The molecule has 10 nitrogen and oxygen atoms in total. The average molecular weight is 311 g/mol. The number of nitrogens with one attached hydrogen (secondary N) is 3. The van der Waals surface area contributed by atoms with E-state index in [0.717, 1.165) is 21.3 Å². The summed E-state index contributed by atoms with van der Waals surface area (Å²) in [6.07, 6.45) is -3.14. The maximum atomic E-state index is 12.5. The van der Waals surface area contributed by atoms with Crippen LogP contribution in [-0.4, -0.2) is 58.5 Å². The Morgan fingerprint density at radius 3 is 1.20 bits per heavy atom. The molecule has 3 amide bonds. The van der Waals surface area contributed by atoms with Crippen molar-refractivity contribution in [3.8, 4) is 0 Å². The van der Waals surface area contributed by atoms with Crippen molar-refractivity contribution < 1.29 is 33.2 Å². The highest BCUT2D eigenvalue weighted by Gasteiger charge is 2.25. The van der Waals surface area contributed by atoms with E-state index in [2.05, 4.69) is 30.2 Å². The summed E-state index contributed by atoms with van der Waals surface area (Å²) in [4.78, 5) is 32.9. The van der Waals surface area contributed by atoms with Gasteiger partial charge in [0.1, 0.15) is 7.14 Å². The van der Waals surface area contributed by atoms with Gasteiger partial charge in [0.2, 0.25) is 0 Å². The molecule has 0 aliphatic rings. The van der Waals surface area contributed by atoms with Gasteiger partial charge in [0.25, 0.3) is 0 Å². The zero-order valence-electron chi connectivity index (χ0n) is 11.4. The molecular formula is C9H18N3O7P. The smallest absolute Gasteiger partial charge is 0.407 e. The van der Waals surface area contributed by atoms with Gasteiger partial charge in [-0.1, -0.05) is 0 Å². The molecule has 0 radical (unpaired) electrons. The lowest BCUT2D eigenvalue weighted by Crippen LogP contribution is -2.34. The second kappa shape index (κ2) is 9.03. The Bertz CT molecular complexity index is 344. The first-order chi connectivity index (χ1) is 9.36. The third-order valence-corrected chi connectivity index (χ3v) is 4.29. The van der Waals surface area contributed by atoms with Crippen LogP contribution in [0.5, 0.6) is 0 Å². The predicted octanol–water partition coefficient (Wildman–Crippen LogP) is 0.290. The van der Waals surface area contributed by atoms with E-state index in [-0.39, 0.29) is 18.9 Å². The molecule has 0 spiro atoms. The van der Waals surface area contributed by atoms with Crippen LogP contribution in [-0.2, 0) is 18.8 Å². The molecule has 0 saturated carbocycles. The topological polar surface area (TPSA) is 132 Å². The van der Waals surface area contributed by atoms with E-state index < -0.39 is 25.4 Å². The first-order valence-corrected chi connectivity index (χ1v) is 7.65. The normalized spacial score (nSPS) is 10.2. The minimum atomic E-state index is -3.16. The van der Waals surface area contributed by atoms with Crippen LogP contribution in [0.15, 0.2) is 0 Å². The van der Waals surface area contributed by atoms with E-state index >= 15 is 0 Å². The largest absolute Gasteiger partial charge is 0.453 e. The van der Waals surface area contributed by atoms with Gasteiger partial charge in [0, 0.05) is 0 Å². The lowest BCUT2D eigenvalue weighted by atomic mass is 11.1. The van der Waals surface area contributed by atoms with Crippen molar-refractivity contribution in [3.05, 3.63) is 0 Å². The van der Waals surface area contributed by atoms with E-state index in [9.17, 15) is 18.9 Å². The Hall–Kier alpha value is -1.96. The van der Waals surface area contributed by atoms with Gasteiger partial charge in [-0.3, -0.25) is 0 Å². The molecule has 3 N–H and O–H groups in total. The van der Waals surface area contributed by atoms with E-state index in [1.807, 2.05) is 0 Å². The molecule has 0 unspecified atom stereocenters. The molecule has 20 heavy (non-hydrogen) atoms. The lowest BCUT2D eigenvalue weighted by Gasteiger charge is -2.19. The summed E-state index contributed by atoms with van der Waals surface area (Å²) in [7, 11) is 0.301. The molecule has 0 aromatic heterocycles.